The second kappa shape index (κ2) is 4.41. The molecule has 0 amide bonds. The van der Waals surface area contributed by atoms with Crippen molar-refractivity contribution in [2.24, 2.45) is 5.92 Å². The molecule has 82 valence electrons. The first kappa shape index (κ1) is 11.7. The van der Waals surface area contributed by atoms with Gasteiger partial charge < -0.3 is 14.3 Å². The smallest absolute Gasteiger partial charge is 0.130 e. The predicted octanol–water partition coefficient (Wildman–Crippen LogP) is 1.80. The van der Waals surface area contributed by atoms with E-state index in [2.05, 4.69) is 6.92 Å². The van der Waals surface area contributed by atoms with Gasteiger partial charge >= 0.3 is 0 Å². The van der Waals surface area contributed by atoms with E-state index < -0.39 is 0 Å². The summed E-state index contributed by atoms with van der Waals surface area (Å²) in [6, 6.07) is 0. The molecule has 0 aromatic rings. The van der Waals surface area contributed by atoms with E-state index in [-0.39, 0.29) is 23.4 Å². The van der Waals surface area contributed by atoms with E-state index in [1.54, 1.807) is 14.0 Å². The van der Waals surface area contributed by atoms with Gasteiger partial charge in [0.1, 0.15) is 5.78 Å². The van der Waals surface area contributed by atoms with Gasteiger partial charge in [0.25, 0.3) is 0 Å². The van der Waals surface area contributed by atoms with Crippen LogP contribution in [0.15, 0.2) is 0 Å². The van der Waals surface area contributed by atoms with Gasteiger partial charge in [-0.2, -0.15) is 0 Å². The molecule has 0 aromatic heterocycles. The predicted molar refractivity (Wildman–Crippen MR) is 54.2 cm³/mol. The molecule has 1 aliphatic heterocycles. The van der Waals surface area contributed by atoms with Crippen molar-refractivity contribution in [1.82, 2.24) is 0 Å². The summed E-state index contributed by atoms with van der Waals surface area (Å²) in [4.78, 5) is 11.2. The fourth-order valence-electron chi connectivity index (χ4n) is 2.19. The quantitative estimate of drug-likeness (QED) is 0.696. The molecule has 0 spiro atoms. The average molecular weight is 200 g/mol. The fraction of sp³-hybridized carbons (Fsp3) is 0.909. The summed E-state index contributed by atoms with van der Waals surface area (Å²) >= 11 is 0. The number of ether oxygens (including phenoxy) is 2. The summed E-state index contributed by atoms with van der Waals surface area (Å²) in [6.45, 7) is 6.43. The summed E-state index contributed by atoms with van der Waals surface area (Å²) < 4.78 is 11.1. The lowest BCUT2D eigenvalue weighted by Gasteiger charge is -2.43. The Morgan fingerprint density at radius 2 is 2.29 bits per heavy atom. The highest BCUT2D eigenvalue weighted by atomic mass is 16.5. The summed E-state index contributed by atoms with van der Waals surface area (Å²) in [7, 11) is 1.71. The first-order chi connectivity index (χ1) is 6.49. The van der Waals surface area contributed by atoms with Gasteiger partial charge in [-0.15, -0.1) is 0 Å². The number of hydrogen-bond donors (Lipinski definition) is 0. The van der Waals surface area contributed by atoms with Crippen LogP contribution in [0.1, 0.15) is 33.6 Å². The molecule has 0 aromatic carbocycles. The van der Waals surface area contributed by atoms with Crippen molar-refractivity contribution in [3.8, 4) is 0 Å². The number of carbonyl (C=O) groups is 1. The van der Waals surface area contributed by atoms with Crippen LogP contribution in [0.5, 0.6) is 0 Å². The SMILES string of the molecule is COC1(C)CCOC(C)C1CC(C)=O. The van der Waals surface area contributed by atoms with Crippen LogP contribution in [0.25, 0.3) is 0 Å². The fourth-order valence-corrected chi connectivity index (χ4v) is 2.19. The lowest BCUT2D eigenvalue weighted by Crippen LogP contribution is -2.49. The third kappa shape index (κ3) is 2.34. The molecule has 1 saturated heterocycles. The highest BCUT2D eigenvalue weighted by Gasteiger charge is 2.41. The molecule has 14 heavy (non-hydrogen) atoms. The molecule has 1 fully saturated rings. The van der Waals surface area contributed by atoms with E-state index >= 15 is 0 Å². The molecule has 0 N–H and O–H groups in total. The molecule has 0 aliphatic carbocycles. The van der Waals surface area contributed by atoms with Crippen molar-refractivity contribution >= 4 is 5.78 Å². The van der Waals surface area contributed by atoms with Gasteiger partial charge in [0.05, 0.1) is 11.7 Å². The van der Waals surface area contributed by atoms with Crippen molar-refractivity contribution in [2.45, 2.75) is 45.3 Å². The minimum absolute atomic E-state index is 0.109. The molecule has 1 aliphatic rings. The third-order valence-corrected chi connectivity index (χ3v) is 3.30. The highest BCUT2D eigenvalue weighted by Crippen LogP contribution is 2.35. The molecule has 3 heteroatoms. The van der Waals surface area contributed by atoms with Crippen molar-refractivity contribution in [3.05, 3.63) is 0 Å². The minimum Gasteiger partial charge on any atom is -0.378 e. The summed E-state index contributed by atoms with van der Waals surface area (Å²) in [5.74, 6) is 0.384. The molecule has 0 bridgehead atoms. The maximum Gasteiger partial charge on any atom is 0.130 e. The first-order valence-electron chi connectivity index (χ1n) is 5.16. The summed E-state index contributed by atoms with van der Waals surface area (Å²) in [5.41, 5.74) is -0.205. The zero-order valence-electron chi connectivity index (χ0n) is 9.50. The van der Waals surface area contributed by atoms with Crippen LogP contribution in [-0.2, 0) is 14.3 Å². The van der Waals surface area contributed by atoms with Crippen LogP contribution in [0.2, 0.25) is 0 Å². The molecule has 0 saturated carbocycles. The number of ketones is 1. The Morgan fingerprint density at radius 3 is 2.79 bits per heavy atom. The van der Waals surface area contributed by atoms with Crippen LogP contribution >= 0.6 is 0 Å². The normalized spacial score (nSPS) is 38.3. The van der Waals surface area contributed by atoms with Crippen LogP contribution in [0, 0.1) is 5.92 Å². The van der Waals surface area contributed by atoms with Gasteiger partial charge in [-0.25, -0.2) is 0 Å². The van der Waals surface area contributed by atoms with E-state index in [1.165, 1.54) is 0 Å². The molecule has 1 rings (SSSR count). The van der Waals surface area contributed by atoms with Crippen LogP contribution in [-0.4, -0.2) is 31.2 Å². The van der Waals surface area contributed by atoms with Crippen molar-refractivity contribution in [2.75, 3.05) is 13.7 Å². The van der Waals surface area contributed by atoms with Gasteiger partial charge in [0.2, 0.25) is 0 Å². The largest absolute Gasteiger partial charge is 0.378 e. The molecular weight excluding hydrogens is 180 g/mol. The Hall–Kier alpha value is -0.410. The van der Waals surface area contributed by atoms with E-state index in [0.717, 1.165) is 13.0 Å². The molecular formula is C11H20O3. The van der Waals surface area contributed by atoms with Gasteiger partial charge in [0, 0.05) is 26.1 Å². The Morgan fingerprint density at radius 1 is 1.64 bits per heavy atom. The standard InChI is InChI=1S/C11H20O3/c1-8(12)7-10-9(2)14-6-5-11(10,3)13-4/h9-10H,5-7H2,1-4H3. The van der Waals surface area contributed by atoms with Gasteiger partial charge in [-0.05, 0) is 27.2 Å². The Bertz CT molecular complexity index is 215. The molecule has 0 radical (unpaired) electrons. The Labute approximate surface area is 85.8 Å². The second-order valence-corrected chi connectivity index (χ2v) is 4.36. The minimum atomic E-state index is -0.205. The van der Waals surface area contributed by atoms with E-state index in [9.17, 15) is 4.79 Å². The van der Waals surface area contributed by atoms with Crippen LogP contribution in [0.4, 0.5) is 0 Å². The zero-order valence-corrected chi connectivity index (χ0v) is 9.50. The third-order valence-electron chi connectivity index (χ3n) is 3.30. The molecule has 1 heterocycles. The maximum atomic E-state index is 11.2. The van der Waals surface area contributed by atoms with Gasteiger partial charge in [-0.1, -0.05) is 0 Å². The van der Waals surface area contributed by atoms with Gasteiger partial charge in [-0.3, -0.25) is 0 Å². The Balaban J connectivity index is 2.75. The topological polar surface area (TPSA) is 35.5 Å². The molecule has 3 unspecified atom stereocenters. The van der Waals surface area contributed by atoms with Crippen molar-refractivity contribution in [1.29, 1.82) is 0 Å². The summed E-state index contributed by atoms with van der Waals surface area (Å²) in [5, 5.41) is 0. The van der Waals surface area contributed by atoms with Gasteiger partial charge in [0.15, 0.2) is 0 Å². The highest BCUT2D eigenvalue weighted by molar-refractivity contribution is 5.75. The van der Waals surface area contributed by atoms with Crippen molar-refractivity contribution in [3.63, 3.8) is 0 Å². The molecule has 3 atom stereocenters. The van der Waals surface area contributed by atoms with E-state index in [1.807, 2.05) is 6.92 Å². The zero-order chi connectivity index (χ0) is 10.8. The number of hydrogen-bond acceptors (Lipinski definition) is 3. The Kier molecular flexibility index (Phi) is 3.67. The summed E-state index contributed by atoms with van der Waals surface area (Å²) in [6.07, 6.45) is 1.52. The van der Waals surface area contributed by atoms with Crippen molar-refractivity contribution < 1.29 is 14.3 Å². The van der Waals surface area contributed by atoms with E-state index in [0.29, 0.717) is 6.42 Å². The number of rotatable bonds is 3. The number of Topliss-reactive ketones (excluding diaryl/α,β-unsaturated/α-hetero) is 1. The van der Waals surface area contributed by atoms with Crippen LogP contribution < -0.4 is 0 Å². The first-order valence-corrected chi connectivity index (χ1v) is 5.16. The maximum absolute atomic E-state index is 11.2. The lowest BCUT2D eigenvalue weighted by molar-refractivity contribution is -0.161. The van der Waals surface area contributed by atoms with E-state index in [4.69, 9.17) is 9.47 Å². The number of carbonyl (C=O) groups excluding carboxylic acids is 1. The monoisotopic (exact) mass is 200 g/mol. The van der Waals surface area contributed by atoms with Crippen LogP contribution in [0.3, 0.4) is 0 Å². The second-order valence-electron chi connectivity index (χ2n) is 4.36. The average Bonchev–Trinajstić information content (AvgIpc) is 2.12. The lowest BCUT2D eigenvalue weighted by atomic mass is 9.78. The number of methoxy groups -OCH3 is 1. The molecule has 3 nitrogen and oxygen atoms in total.